The molecule has 1 amide bonds. The topological polar surface area (TPSA) is 115 Å². The second kappa shape index (κ2) is 6.11. The molecule has 1 aliphatic rings. The Labute approximate surface area is 139 Å². The van der Waals surface area contributed by atoms with Gasteiger partial charge in [0.05, 0.1) is 12.5 Å². The Bertz CT molecular complexity index is 877. The van der Waals surface area contributed by atoms with Crippen LogP contribution < -0.4 is 14.8 Å². The van der Waals surface area contributed by atoms with Crippen molar-refractivity contribution in [1.29, 1.82) is 0 Å². The van der Waals surface area contributed by atoms with Crippen LogP contribution in [0.3, 0.4) is 0 Å². The average molecular weight is 351 g/mol. The zero-order valence-electron chi connectivity index (χ0n) is 13.2. The van der Waals surface area contributed by atoms with Gasteiger partial charge in [-0.3, -0.25) is 9.52 Å². The molecule has 1 aromatic carbocycles. The van der Waals surface area contributed by atoms with E-state index in [1.165, 1.54) is 10.9 Å². The molecule has 1 atom stereocenters. The van der Waals surface area contributed by atoms with Gasteiger partial charge in [-0.25, -0.2) is 13.1 Å². The number of benzene rings is 1. The maximum atomic E-state index is 12.1. The molecule has 9 nitrogen and oxygen atoms in total. The minimum absolute atomic E-state index is 0.0639. The van der Waals surface area contributed by atoms with E-state index in [9.17, 15) is 13.2 Å². The molecule has 10 heteroatoms. The standard InChI is InChI=1S/C14H17N5O4S/c1-9-5-10-6-11(3-4-12(10)23-9)15-14(20)8-19-7-13(16-18-19)17-24(2,21)22/h3-4,6-7,9,17H,5,8H2,1-2H3,(H,15,20). The molecule has 0 radical (unpaired) electrons. The third-order valence-electron chi connectivity index (χ3n) is 3.31. The predicted molar refractivity (Wildman–Crippen MR) is 87.4 cm³/mol. The highest BCUT2D eigenvalue weighted by molar-refractivity contribution is 7.92. The third kappa shape index (κ3) is 4.02. The zero-order chi connectivity index (χ0) is 17.3. The Hall–Kier alpha value is -2.62. The van der Waals surface area contributed by atoms with E-state index in [0.717, 1.165) is 24.0 Å². The molecule has 0 saturated carbocycles. The number of hydrogen-bond donors (Lipinski definition) is 2. The van der Waals surface area contributed by atoms with Gasteiger partial charge in [-0.2, -0.15) is 0 Å². The number of fused-ring (bicyclic) bond motifs is 1. The molecule has 2 aromatic rings. The number of anilines is 2. The highest BCUT2D eigenvalue weighted by atomic mass is 32.2. The van der Waals surface area contributed by atoms with Crippen molar-refractivity contribution >= 4 is 27.4 Å². The number of nitrogens with zero attached hydrogens (tertiary/aromatic N) is 3. The predicted octanol–water partition coefficient (Wildman–Crippen LogP) is 0.612. The molecular formula is C14H17N5O4S. The van der Waals surface area contributed by atoms with Crippen LogP contribution in [0.4, 0.5) is 11.5 Å². The van der Waals surface area contributed by atoms with Crippen LogP contribution in [0.15, 0.2) is 24.4 Å². The van der Waals surface area contributed by atoms with Gasteiger partial charge in [-0.05, 0) is 30.7 Å². The first-order valence-corrected chi connectivity index (χ1v) is 9.15. The molecule has 0 aliphatic carbocycles. The van der Waals surface area contributed by atoms with Crippen molar-refractivity contribution < 1.29 is 17.9 Å². The van der Waals surface area contributed by atoms with E-state index in [0.29, 0.717) is 5.69 Å². The molecule has 128 valence electrons. The third-order valence-corrected chi connectivity index (χ3v) is 3.89. The fourth-order valence-electron chi connectivity index (χ4n) is 2.46. The van der Waals surface area contributed by atoms with Gasteiger partial charge in [0.2, 0.25) is 15.9 Å². The second-order valence-corrected chi connectivity index (χ2v) is 7.43. The summed E-state index contributed by atoms with van der Waals surface area (Å²) in [6.07, 6.45) is 3.31. The van der Waals surface area contributed by atoms with Gasteiger partial charge >= 0.3 is 0 Å². The molecule has 0 saturated heterocycles. The average Bonchev–Trinajstić information content (AvgIpc) is 3.01. The molecule has 24 heavy (non-hydrogen) atoms. The molecule has 2 N–H and O–H groups in total. The molecule has 2 heterocycles. The van der Waals surface area contributed by atoms with Gasteiger partial charge in [0, 0.05) is 12.1 Å². The first-order valence-electron chi connectivity index (χ1n) is 7.26. The lowest BCUT2D eigenvalue weighted by atomic mass is 10.1. The normalized spacial score (nSPS) is 16.3. The Balaban J connectivity index is 1.61. The number of aromatic nitrogens is 3. The largest absolute Gasteiger partial charge is 0.490 e. The van der Waals surface area contributed by atoms with Crippen LogP contribution in [0.1, 0.15) is 12.5 Å². The van der Waals surface area contributed by atoms with Crippen LogP contribution in [0.25, 0.3) is 0 Å². The Kier molecular flexibility index (Phi) is 4.14. The van der Waals surface area contributed by atoms with E-state index >= 15 is 0 Å². The van der Waals surface area contributed by atoms with Crippen LogP contribution in [-0.4, -0.2) is 41.7 Å². The minimum atomic E-state index is -3.43. The van der Waals surface area contributed by atoms with Crippen molar-refractivity contribution in [2.24, 2.45) is 0 Å². The molecule has 1 aliphatic heterocycles. The van der Waals surface area contributed by atoms with Crippen molar-refractivity contribution in [3.8, 4) is 5.75 Å². The van der Waals surface area contributed by atoms with Gasteiger partial charge in [0.1, 0.15) is 18.4 Å². The lowest BCUT2D eigenvalue weighted by molar-refractivity contribution is -0.116. The summed E-state index contributed by atoms with van der Waals surface area (Å²) in [5, 5.41) is 10.1. The van der Waals surface area contributed by atoms with Gasteiger partial charge in [0.15, 0.2) is 5.82 Å². The summed E-state index contributed by atoms with van der Waals surface area (Å²) in [6.45, 7) is 1.91. The number of amides is 1. The van der Waals surface area contributed by atoms with Crippen molar-refractivity contribution in [3.63, 3.8) is 0 Å². The van der Waals surface area contributed by atoms with Crippen LogP contribution in [0, 0.1) is 0 Å². The number of nitrogens with one attached hydrogen (secondary N) is 2. The summed E-state index contributed by atoms with van der Waals surface area (Å²) in [7, 11) is -3.43. The smallest absolute Gasteiger partial charge is 0.246 e. The number of rotatable bonds is 5. The Morgan fingerprint density at radius 3 is 3.00 bits per heavy atom. The summed E-state index contributed by atoms with van der Waals surface area (Å²) < 4.78 is 31.3. The fraction of sp³-hybridized carbons (Fsp3) is 0.357. The first kappa shape index (κ1) is 16.2. The van der Waals surface area contributed by atoms with Crippen molar-refractivity contribution in [2.75, 3.05) is 16.3 Å². The van der Waals surface area contributed by atoms with Crippen molar-refractivity contribution in [1.82, 2.24) is 15.0 Å². The molecule has 1 unspecified atom stereocenters. The monoisotopic (exact) mass is 351 g/mol. The molecule has 3 rings (SSSR count). The van der Waals surface area contributed by atoms with E-state index in [1.807, 2.05) is 19.1 Å². The number of ether oxygens (including phenoxy) is 1. The van der Waals surface area contributed by atoms with E-state index in [-0.39, 0.29) is 24.4 Å². The lowest BCUT2D eigenvalue weighted by Gasteiger charge is -2.06. The van der Waals surface area contributed by atoms with Crippen molar-refractivity contribution in [2.45, 2.75) is 26.0 Å². The van der Waals surface area contributed by atoms with Crippen LogP contribution in [-0.2, 0) is 27.8 Å². The van der Waals surface area contributed by atoms with Crippen LogP contribution >= 0.6 is 0 Å². The summed E-state index contributed by atoms with van der Waals surface area (Å²) in [4.78, 5) is 12.1. The molecule has 0 bridgehead atoms. The number of hydrogen-bond acceptors (Lipinski definition) is 6. The highest BCUT2D eigenvalue weighted by Gasteiger charge is 2.19. The summed E-state index contributed by atoms with van der Waals surface area (Å²) in [6, 6.07) is 5.49. The number of sulfonamides is 1. The highest BCUT2D eigenvalue weighted by Crippen LogP contribution is 2.30. The number of carbonyl (C=O) groups is 1. The van der Waals surface area contributed by atoms with Gasteiger partial charge in [0.25, 0.3) is 0 Å². The summed E-state index contributed by atoms with van der Waals surface area (Å²) in [5.74, 6) is 0.611. The van der Waals surface area contributed by atoms with Gasteiger partial charge in [-0.1, -0.05) is 5.21 Å². The van der Waals surface area contributed by atoms with E-state index in [2.05, 4.69) is 20.4 Å². The molecule has 0 spiro atoms. The fourth-order valence-corrected chi connectivity index (χ4v) is 2.93. The minimum Gasteiger partial charge on any atom is -0.490 e. The Morgan fingerprint density at radius 1 is 1.46 bits per heavy atom. The van der Waals surface area contributed by atoms with E-state index in [4.69, 9.17) is 4.74 Å². The molecular weight excluding hydrogens is 334 g/mol. The van der Waals surface area contributed by atoms with Gasteiger partial charge < -0.3 is 10.1 Å². The second-order valence-electron chi connectivity index (χ2n) is 5.68. The molecule has 1 aromatic heterocycles. The summed E-state index contributed by atoms with van der Waals surface area (Å²) in [5.41, 5.74) is 1.73. The zero-order valence-corrected chi connectivity index (χ0v) is 14.0. The first-order chi connectivity index (χ1) is 11.3. The quantitative estimate of drug-likeness (QED) is 0.815. The maximum Gasteiger partial charge on any atom is 0.246 e. The number of carbonyl (C=O) groups excluding carboxylic acids is 1. The van der Waals surface area contributed by atoms with Crippen LogP contribution in [0.5, 0.6) is 5.75 Å². The maximum absolute atomic E-state index is 12.1. The van der Waals surface area contributed by atoms with Crippen LogP contribution in [0.2, 0.25) is 0 Å². The van der Waals surface area contributed by atoms with E-state index in [1.54, 1.807) is 6.07 Å². The SMILES string of the molecule is CC1Cc2cc(NC(=O)Cn3cc(NS(C)(=O)=O)nn3)ccc2O1. The van der Waals surface area contributed by atoms with E-state index < -0.39 is 10.0 Å². The van der Waals surface area contributed by atoms with Crippen molar-refractivity contribution in [3.05, 3.63) is 30.0 Å². The lowest BCUT2D eigenvalue weighted by Crippen LogP contribution is -2.19. The summed E-state index contributed by atoms with van der Waals surface area (Å²) >= 11 is 0. The van der Waals surface area contributed by atoms with Gasteiger partial charge in [-0.15, -0.1) is 5.10 Å². The molecule has 0 fully saturated rings. The Morgan fingerprint density at radius 2 is 2.25 bits per heavy atom.